The van der Waals surface area contributed by atoms with Gasteiger partial charge in [-0.3, -0.25) is 0 Å². The predicted octanol–water partition coefficient (Wildman–Crippen LogP) is 2.06. The summed E-state index contributed by atoms with van der Waals surface area (Å²) in [5.74, 6) is 1.07. The topological polar surface area (TPSA) is 77.2 Å². The standard InChI is InChI=1S/C15H17N3O3/c1-21-9-14-16-13(8-10-6-7-10)17-18(14)12-5-3-2-4-11(12)15(19)20/h2-5,10H,6-9H2,1H3,(H,19,20). The molecule has 6 heteroatoms. The number of para-hydroxylation sites is 1. The van der Waals surface area contributed by atoms with E-state index < -0.39 is 5.97 Å². The lowest BCUT2D eigenvalue weighted by atomic mass is 10.2. The van der Waals surface area contributed by atoms with Crippen molar-refractivity contribution in [1.82, 2.24) is 14.8 Å². The Morgan fingerprint density at radius 3 is 2.86 bits per heavy atom. The zero-order valence-electron chi connectivity index (χ0n) is 11.8. The van der Waals surface area contributed by atoms with Crippen molar-refractivity contribution in [3.63, 3.8) is 0 Å². The lowest BCUT2D eigenvalue weighted by molar-refractivity contribution is 0.0696. The summed E-state index contributed by atoms with van der Waals surface area (Å²) in [4.78, 5) is 15.9. The van der Waals surface area contributed by atoms with Crippen molar-refractivity contribution in [2.45, 2.75) is 25.9 Å². The third-order valence-corrected chi connectivity index (χ3v) is 3.52. The maximum absolute atomic E-state index is 11.4. The van der Waals surface area contributed by atoms with E-state index in [1.807, 2.05) is 0 Å². The fourth-order valence-electron chi connectivity index (χ4n) is 2.31. The van der Waals surface area contributed by atoms with Crippen LogP contribution in [0.15, 0.2) is 24.3 Å². The van der Waals surface area contributed by atoms with Crippen molar-refractivity contribution in [3.8, 4) is 5.69 Å². The lowest BCUT2D eigenvalue weighted by Crippen LogP contribution is -2.10. The van der Waals surface area contributed by atoms with Crippen LogP contribution in [0, 0.1) is 5.92 Å². The molecule has 1 aliphatic rings. The second-order valence-electron chi connectivity index (χ2n) is 5.26. The SMILES string of the molecule is COCc1nc(CC2CC2)nn1-c1ccccc1C(=O)O. The predicted molar refractivity (Wildman–Crippen MR) is 75.5 cm³/mol. The molecule has 6 nitrogen and oxygen atoms in total. The number of carbonyl (C=O) groups is 1. The number of aromatic nitrogens is 3. The number of carboxylic acid groups (broad SMARTS) is 1. The zero-order valence-corrected chi connectivity index (χ0v) is 11.8. The summed E-state index contributed by atoms with van der Waals surface area (Å²) in [6.45, 7) is 0.297. The minimum absolute atomic E-state index is 0.206. The number of aromatic carboxylic acids is 1. The molecular weight excluding hydrogens is 270 g/mol. The maximum Gasteiger partial charge on any atom is 0.337 e. The van der Waals surface area contributed by atoms with Gasteiger partial charge < -0.3 is 9.84 Å². The van der Waals surface area contributed by atoms with Gasteiger partial charge in [0.2, 0.25) is 0 Å². The van der Waals surface area contributed by atoms with Gasteiger partial charge in [-0.25, -0.2) is 14.5 Å². The summed E-state index contributed by atoms with van der Waals surface area (Å²) in [6, 6.07) is 6.79. The van der Waals surface area contributed by atoms with Gasteiger partial charge in [-0.2, -0.15) is 5.10 Å². The van der Waals surface area contributed by atoms with Gasteiger partial charge >= 0.3 is 5.97 Å². The van der Waals surface area contributed by atoms with E-state index in [2.05, 4.69) is 10.1 Å². The molecule has 2 aromatic rings. The largest absolute Gasteiger partial charge is 0.478 e. The second-order valence-corrected chi connectivity index (χ2v) is 5.26. The Labute approximate surface area is 122 Å². The van der Waals surface area contributed by atoms with Crippen LogP contribution in [0.25, 0.3) is 5.69 Å². The summed E-state index contributed by atoms with van der Waals surface area (Å²) in [6.07, 6.45) is 3.29. The molecule has 0 atom stereocenters. The molecule has 0 amide bonds. The number of hydrogen-bond donors (Lipinski definition) is 1. The summed E-state index contributed by atoms with van der Waals surface area (Å²) >= 11 is 0. The van der Waals surface area contributed by atoms with Gasteiger partial charge in [-0.05, 0) is 30.9 Å². The van der Waals surface area contributed by atoms with E-state index in [-0.39, 0.29) is 5.56 Å². The summed E-state index contributed by atoms with van der Waals surface area (Å²) in [5.41, 5.74) is 0.726. The van der Waals surface area contributed by atoms with E-state index >= 15 is 0 Å². The smallest absolute Gasteiger partial charge is 0.337 e. The Bertz CT molecular complexity index is 662. The minimum Gasteiger partial charge on any atom is -0.478 e. The van der Waals surface area contributed by atoms with Crippen LogP contribution < -0.4 is 0 Å². The molecule has 0 radical (unpaired) electrons. The van der Waals surface area contributed by atoms with Gasteiger partial charge in [0.1, 0.15) is 6.61 Å². The molecule has 1 N–H and O–H groups in total. The Hall–Kier alpha value is -2.21. The molecule has 0 aliphatic heterocycles. The Balaban J connectivity index is 2.03. The van der Waals surface area contributed by atoms with Crippen molar-refractivity contribution in [1.29, 1.82) is 0 Å². The molecule has 0 bridgehead atoms. The monoisotopic (exact) mass is 287 g/mol. The van der Waals surface area contributed by atoms with Crippen molar-refractivity contribution in [2.24, 2.45) is 5.92 Å². The summed E-state index contributed by atoms with van der Waals surface area (Å²) < 4.78 is 6.74. The van der Waals surface area contributed by atoms with E-state index in [1.165, 1.54) is 12.8 Å². The molecular formula is C15H17N3O3. The number of nitrogens with zero attached hydrogens (tertiary/aromatic N) is 3. The Kier molecular flexibility index (Phi) is 3.70. The van der Waals surface area contributed by atoms with E-state index in [1.54, 1.807) is 36.1 Å². The fraction of sp³-hybridized carbons (Fsp3) is 0.400. The number of hydrogen-bond acceptors (Lipinski definition) is 4. The molecule has 110 valence electrons. The molecule has 0 saturated heterocycles. The highest BCUT2D eigenvalue weighted by molar-refractivity contribution is 5.91. The fourth-order valence-corrected chi connectivity index (χ4v) is 2.31. The van der Waals surface area contributed by atoms with Crippen molar-refractivity contribution in [2.75, 3.05) is 7.11 Å². The minimum atomic E-state index is -0.979. The molecule has 1 aromatic carbocycles. The third-order valence-electron chi connectivity index (χ3n) is 3.52. The first-order valence-electron chi connectivity index (χ1n) is 6.95. The van der Waals surface area contributed by atoms with Gasteiger partial charge in [0.25, 0.3) is 0 Å². The van der Waals surface area contributed by atoms with E-state index in [9.17, 15) is 9.90 Å². The van der Waals surface area contributed by atoms with Crippen molar-refractivity contribution in [3.05, 3.63) is 41.5 Å². The van der Waals surface area contributed by atoms with Crippen LogP contribution in [0.2, 0.25) is 0 Å². The Morgan fingerprint density at radius 1 is 1.43 bits per heavy atom. The molecule has 1 aliphatic carbocycles. The van der Waals surface area contributed by atoms with Gasteiger partial charge in [0, 0.05) is 13.5 Å². The second kappa shape index (κ2) is 5.65. The van der Waals surface area contributed by atoms with Crippen LogP contribution in [-0.4, -0.2) is 33.0 Å². The molecule has 1 aromatic heterocycles. The lowest BCUT2D eigenvalue weighted by Gasteiger charge is -2.08. The molecule has 3 rings (SSSR count). The van der Waals surface area contributed by atoms with E-state index in [0.29, 0.717) is 24.0 Å². The number of rotatable bonds is 6. The van der Waals surface area contributed by atoms with Crippen LogP contribution in [0.1, 0.15) is 34.8 Å². The van der Waals surface area contributed by atoms with Gasteiger partial charge in [-0.15, -0.1) is 0 Å². The number of ether oxygens (including phenoxy) is 1. The van der Waals surface area contributed by atoms with Crippen LogP contribution >= 0.6 is 0 Å². The van der Waals surface area contributed by atoms with Gasteiger partial charge in [0.05, 0.1) is 11.3 Å². The number of benzene rings is 1. The molecule has 1 fully saturated rings. The maximum atomic E-state index is 11.4. The number of carboxylic acids is 1. The van der Waals surface area contributed by atoms with E-state index in [0.717, 1.165) is 12.2 Å². The molecule has 21 heavy (non-hydrogen) atoms. The quantitative estimate of drug-likeness (QED) is 0.880. The summed E-state index contributed by atoms with van der Waals surface area (Å²) in [5, 5.41) is 13.8. The number of methoxy groups -OCH3 is 1. The normalized spacial score (nSPS) is 14.3. The zero-order chi connectivity index (χ0) is 14.8. The van der Waals surface area contributed by atoms with Crippen LogP contribution in [0.4, 0.5) is 0 Å². The molecule has 0 unspecified atom stereocenters. The van der Waals surface area contributed by atoms with Gasteiger partial charge in [0.15, 0.2) is 11.6 Å². The van der Waals surface area contributed by atoms with Crippen molar-refractivity contribution < 1.29 is 14.6 Å². The molecule has 1 heterocycles. The third kappa shape index (κ3) is 2.95. The average Bonchev–Trinajstić information content (AvgIpc) is 3.19. The van der Waals surface area contributed by atoms with Crippen LogP contribution in [-0.2, 0) is 17.8 Å². The first-order chi connectivity index (χ1) is 10.2. The molecule has 1 saturated carbocycles. The highest BCUT2D eigenvalue weighted by atomic mass is 16.5. The van der Waals surface area contributed by atoms with Crippen LogP contribution in [0.3, 0.4) is 0 Å². The Morgan fingerprint density at radius 2 is 2.19 bits per heavy atom. The highest BCUT2D eigenvalue weighted by Crippen LogP contribution is 2.32. The summed E-state index contributed by atoms with van der Waals surface area (Å²) in [7, 11) is 1.59. The van der Waals surface area contributed by atoms with Crippen molar-refractivity contribution >= 4 is 5.97 Å². The average molecular weight is 287 g/mol. The highest BCUT2D eigenvalue weighted by Gasteiger charge is 2.25. The van der Waals surface area contributed by atoms with E-state index in [4.69, 9.17) is 4.74 Å². The molecule has 0 spiro atoms. The first-order valence-corrected chi connectivity index (χ1v) is 6.95. The van der Waals surface area contributed by atoms with Crippen LogP contribution in [0.5, 0.6) is 0 Å². The first kappa shape index (κ1) is 13.8. The van der Waals surface area contributed by atoms with Gasteiger partial charge in [-0.1, -0.05) is 12.1 Å².